The summed E-state index contributed by atoms with van der Waals surface area (Å²) in [5.74, 6) is 0. The molecule has 0 radical (unpaired) electrons. The first-order valence-electron chi connectivity index (χ1n) is 39.4. The average Bonchev–Trinajstić information content (AvgIpc) is 1.67. The van der Waals surface area contributed by atoms with Gasteiger partial charge in [0.25, 0.3) is 0 Å². The van der Waals surface area contributed by atoms with Crippen molar-refractivity contribution in [3.05, 3.63) is 139 Å². The number of fused-ring (bicyclic) bond motifs is 10. The molecule has 5 N–H and O–H groups in total. The van der Waals surface area contributed by atoms with Crippen LogP contribution >= 0.6 is 83.9 Å². The Morgan fingerprint density at radius 1 is 0.484 bits per heavy atom. The van der Waals surface area contributed by atoms with Crippen LogP contribution in [0, 0.1) is 0 Å². The molecule has 14 amide bonds. The predicted molar refractivity (Wildman–Crippen MR) is 480 cm³/mol. The zero-order valence-electron chi connectivity index (χ0n) is 73.1. The molecule has 4 aromatic heterocycles. The minimum atomic E-state index is -5.05. The zero-order chi connectivity index (χ0) is 92.0. The van der Waals surface area contributed by atoms with Gasteiger partial charge in [-0.25, -0.2) is 66.7 Å². The summed E-state index contributed by atoms with van der Waals surface area (Å²) in [7, 11) is -5.05. The van der Waals surface area contributed by atoms with Crippen LogP contribution in [0.3, 0.4) is 0 Å². The van der Waals surface area contributed by atoms with Crippen LogP contribution < -0.4 is 50.8 Å². The van der Waals surface area contributed by atoms with Crippen molar-refractivity contribution < 1.29 is 129 Å². The van der Waals surface area contributed by atoms with Gasteiger partial charge in [-0.1, -0.05) is 12.2 Å². The molecular formula is C78H107BrIN18NaO21S5Sn. The molecule has 5 fully saturated rings. The molecule has 5 unspecified atom stereocenters. The molecule has 14 heterocycles. The van der Waals surface area contributed by atoms with E-state index in [9.17, 15) is 61.3 Å². The molecule has 684 valence electrons. The molecule has 48 heteroatoms. The summed E-state index contributed by atoms with van der Waals surface area (Å²) < 4.78 is 60.9. The number of thiazole rings is 4. The average molecular weight is 2140 g/mol. The van der Waals surface area contributed by atoms with E-state index in [0.717, 1.165) is 69.3 Å². The maximum atomic E-state index is 12.3. The van der Waals surface area contributed by atoms with Crippen LogP contribution in [0.4, 0.5) is 43.2 Å². The molecule has 10 aliphatic heterocycles. The van der Waals surface area contributed by atoms with Crippen molar-refractivity contribution in [1.82, 2.24) is 91.0 Å². The summed E-state index contributed by atoms with van der Waals surface area (Å²) >= 11 is 9.18. The second-order valence-corrected chi connectivity index (χ2v) is 56.8. The molecule has 126 heavy (non-hydrogen) atoms. The van der Waals surface area contributed by atoms with E-state index >= 15 is 0 Å². The van der Waals surface area contributed by atoms with Crippen LogP contribution in [0.25, 0.3) is 16.7 Å². The van der Waals surface area contributed by atoms with Crippen molar-refractivity contribution in [2.45, 2.75) is 177 Å². The van der Waals surface area contributed by atoms with Gasteiger partial charge in [0.15, 0.2) is 3.92 Å². The first kappa shape index (κ1) is 104. The minimum Gasteiger partial charge on any atom is -0.724 e. The third-order valence-corrected chi connectivity index (χ3v) is 30.1. The Labute approximate surface area is 796 Å². The van der Waals surface area contributed by atoms with Crippen molar-refractivity contribution in [3.63, 3.8) is 0 Å². The van der Waals surface area contributed by atoms with Crippen molar-refractivity contribution in [3.8, 4) is 0 Å². The maximum absolute atomic E-state index is 12.3. The summed E-state index contributed by atoms with van der Waals surface area (Å²) in [5.41, 5.74) is 0.470. The minimum absolute atomic E-state index is 0. The fourth-order valence-corrected chi connectivity index (χ4v) is 21.8. The van der Waals surface area contributed by atoms with Gasteiger partial charge in [-0.05, 0) is 146 Å². The summed E-state index contributed by atoms with van der Waals surface area (Å²) in [4.78, 5) is 159. The van der Waals surface area contributed by atoms with Crippen LogP contribution in [-0.2, 0) is 74.3 Å². The number of halogens is 2. The van der Waals surface area contributed by atoms with E-state index in [1.54, 1.807) is 84.6 Å². The number of hydroxylamine groups is 10. The molecule has 10 bridgehead atoms. The van der Waals surface area contributed by atoms with Gasteiger partial charge in [-0.2, -0.15) is 24.5 Å². The summed E-state index contributed by atoms with van der Waals surface area (Å²) in [6.45, 7) is 40.3. The molecule has 10 aliphatic rings. The van der Waals surface area contributed by atoms with Gasteiger partial charge in [-0.15, -0.1) is 58.5 Å². The molecule has 0 aliphatic carbocycles. The Kier molecular flexibility index (Phi) is 37.1. The first-order valence-corrected chi connectivity index (χ1v) is 55.9. The van der Waals surface area contributed by atoms with E-state index in [-0.39, 0.29) is 104 Å². The number of hydrogen-bond acceptors (Lipinski definition) is 29. The van der Waals surface area contributed by atoms with Crippen molar-refractivity contribution in [2.24, 2.45) is 0 Å². The SMILES string of the molecule is C=CCON1C(=O)N2CC(I)=CC1C2.C=CCON1C(=O)N2CC(c3ncc(CNC(=O)OC(C)(C)C)s3)=CC1C2.C=CCON1C(=O)N2C[C]([Sn]([CH3])([CH3])[CH3])=CC1C2.CC(C)(C)OC(=O)NCc1cnc(Br)s1.CC(C)(C)OC(=O)NCc1cnc(C2=CC3CN(C2)C(=O)N3O)s1.CC(C)(C)OC(=O)NCc1cnc(C2=CC3CN(C2)C(=O)N3OS(=O)(=O)[O-])s1.[Na+]. The van der Waals surface area contributed by atoms with Gasteiger partial charge < -0.3 is 64.4 Å². The topological polar surface area (TPSA) is 437 Å². The smallest absolute Gasteiger partial charge is 0.724 e. The van der Waals surface area contributed by atoms with Crippen molar-refractivity contribution >= 4 is 184 Å². The third-order valence-electron chi connectivity index (χ3n) is 18.0. The maximum Gasteiger partial charge on any atom is 1.00 e. The molecule has 39 nitrogen and oxygen atoms in total. The number of nitrogens with zero attached hydrogens (tertiary/aromatic N) is 14. The van der Waals surface area contributed by atoms with Crippen molar-refractivity contribution in [2.75, 3.05) is 85.3 Å². The number of hydrogen-bond donors (Lipinski definition) is 5. The monoisotopic (exact) mass is 2140 g/mol. The number of carbonyl (C=O) groups is 9. The van der Waals surface area contributed by atoms with Gasteiger partial charge in [0, 0.05) is 90.8 Å². The van der Waals surface area contributed by atoms with E-state index in [0.29, 0.717) is 81.2 Å². The first-order chi connectivity index (χ1) is 58.4. The molecule has 5 saturated heterocycles. The number of urea groups is 5. The molecule has 14 rings (SSSR count). The Hall–Kier alpha value is -7.41. The van der Waals surface area contributed by atoms with E-state index in [2.05, 4.69) is 131 Å². The molecular weight excluding hydrogens is 2030 g/mol. The molecule has 0 aromatic carbocycles. The largest absolute Gasteiger partial charge is 1.00 e. The normalized spacial score (nSPS) is 19.7. The molecule has 5 atom stereocenters. The van der Waals surface area contributed by atoms with Crippen LogP contribution in [0.1, 0.15) is 118 Å². The summed E-state index contributed by atoms with van der Waals surface area (Å²) in [6, 6.07) is -2.25. The Balaban J connectivity index is 0.000000190. The third kappa shape index (κ3) is 31.2. The summed E-state index contributed by atoms with van der Waals surface area (Å²) in [6.07, 6.45) is 19.7. The number of rotatable bonds is 23. The summed E-state index contributed by atoms with van der Waals surface area (Å²) in [5, 5.41) is 28.3. The quantitative estimate of drug-likeness (QED) is 0.00877. The van der Waals surface area contributed by atoms with E-state index in [1.807, 2.05) is 79.4 Å². The van der Waals surface area contributed by atoms with Crippen LogP contribution in [0.15, 0.2) is 104 Å². The molecule has 4 aromatic rings. The van der Waals surface area contributed by atoms with Crippen LogP contribution in [0.5, 0.6) is 0 Å². The fourth-order valence-electron chi connectivity index (χ4n) is 12.8. The van der Waals surface area contributed by atoms with Gasteiger partial charge in [0.2, 0.25) is 10.4 Å². The van der Waals surface area contributed by atoms with Gasteiger partial charge in [0.05, 0.1) is 89.7 Å². The molecule has 0 saturated carbocycles. The van der Waals surface area contributed by atoms with Gasteiger partial charge in [0.1, 0.15) is 37.4 Å². The number of ether oxygens (including phenoxy) is 4. The van der Waals surface area contributed by atoms with Crippen LogP contribution in [-0.4, -0.2) is 299 Å². The predicted octanol–water partition coefficient (Wildman–Crippen LogP) is 9.42. The number of carbonyl (C=O) groups excluding carboxylic acids is 9. The number of nitrogens with one attached hydrogen (secondary N) is 4. The molecule has 0 spiro atoms. The van der Waals surface area contributed by atoms with E-state index in [1.165, 1.54) is 72.6 Å². The van der Waals surface area contributed by atoms with Gasteiger partial charge >= 0.3 is 185 Å². The van der Waals surface area contributed by atoms with E-state index < -0.39 is 87.6 Å². The van der Waals surface area contributed by atoms with Crippen LogP contribution in [0.2, 0.25) is 14.8 Å². The Morgan fingerprint density at radius 2 is 0.778 bits per heavy atom. The van der Waals surface area contributed by atoms with E-state index in [4.69, 9.17) is 33.5 Å². The Bertz CT molecular complexity index is 4920. The number of amides is 14. The second kappa shape index (κ2) is 44.9. The second-order valence-electron chi connectivity index (χ2n) is 34.1. The van der Waals surface area contributed by atoms with Gasteiger partial charge in [-0.3, -0.25) is 14.9 Å². The Morgan fingerprint density at radius 3 is 1.10 bits per heavy atom. The number of aromatic nitrogens is 4. The number of alkyl carbamates (subject to hydrolysis) is 4. The zero-order valence-corrected chi connectivity index (χ0v) is 85.8. The fraction of sp³-hybridized carbons (Fsp3) is 0.526. The van der Waals surface area contributed by atoms with Crippen molar-refractivity contribution in [1.29, 1.82) is 0 Å². The standard InChI is InChI=1S/C18H24N4O4S.C15H20N4O7S2.C15H20N4O4S.C9H13BrN2O2S.C9H11IN2O2.C9H11N2O2.3CH3.Na.Sn/c1-5-6-25-22-13-7-12(10-21(11-13)17(22)24)15-19-8-14(27-15)9-20-16(23)26-18(2,3)4;1-15(2,3)25-13(20)17-6-11-5-16-12(27-11)9-4-10-8-18(7-9)14(21)19(10)26-28(22,23)24;1-15(2,3)23-13(20)17-6-11-5-16-12(24-11)9-4-10-8-18(7-9)14(21)19(10)22;1-9(2,3)14-8(13)12-5-6-4-11-7(10)15-6;1-2-3-14-12-8-4-7(10)5-11(6-8)9(12)13;1-2-6-13-11-8-4-3-5-10(7-8)9(11)12;;;;;/h5,7-8,13H,1,6,9-11H2,2-4H3,(H,20,23);4-5,10H,6-8H2,1-3H3,(H,17,20)(H,22,23,24);4-5,10,22H,6-8H2,1-3H3,(H,17,20);4H,5H2,1-3H3,(H,12,13);2,4,8H,1,3,5-6H2;2,4,8H,1,5-7H2;3*1H3;;/q;;;;;;;;;+1;/p-1.